The summed E-state index contributed by atoms with van der Waals surface area (Å²) in [5.74, 6) is 0.539. The molecule has 2 N–H and O–H groups in total. The van der Waals surface area contributed by atoms with Gasteiger partial charge in [0.05, 0.1) is 6.10 Å². The molecule has 0 radical (unpaired) electrons. The van der Waals surface area contributed by atoms with Crippen LogP contribution in [0.5, 0.6) is 0 Å². The Morgan fingerprint density at radius 2 is 2.00 bits per heavy atom. The van der Waals surface area contributed by atoms with Crippen LogP contribution in [0.2, 0.25) is 0 Å². The van der Waals surface area contributed by atoms with Crippen LogP contribution in [0.15, 0.2) is 0 Å². The van der Waals surface area contributed by atoms with Crippen molar-refractivity contribution in [2.75, 3.05) is 13.2 Å². The van der Waals surface area contributed by atoms with E-state index in [9.17, 15) is 0 Å². The van der Waals surface area contributed by atoms with Gasteiger partial charge in [0.2, 0.25) is 0 Å². The van der Waals surface area contributed by atoms with Crippen molar-refractivity contribution in [3.8, 4) is 0 Å². The van der Waals surface area contributed by atoms with Crippen molar-refractivity contribution < 1.29 is 4.74 Å². The Morgan fingerprint density at radius 3 is 2.36 bits per heavy atom. The monoisotopic (exact) mass is 159 g/mol. The Bertz CT molecular complexity index is 83.6. The molecule has 0 heterocycles. The summed E-state index contributed by atoms with van der Waals surface area (Å²) < 4.78 is 5.57. The van der Waals surface area contributed by atoms with Crippen LogP contribution in [0.4, 0.5) is 0 Å². The summed E-state index contributed by atoms with van der Waals surface area (Å²) in [6.07, 6.45) is 2.58. The third kappa shape index (κ3) is 5.22. The summed E-state index contributed by atoms with van der Waals surface area (Å²) in [6, 6.07) is 0. The molecule has 2 nitrogen and oxygen atoms in total. The van der Waals surface area contributed by atoms with Gasteiger partial charge >= 0.3 is 0 Å². The van der Waals surface area contributed by atoms with E-state index in [0.29, 0.717) is 12.5 Å². The number of hydrogen-bond acceptors (Lipinski definition) is 2. The molecular formula is C9H21NO. The molecule has 1 unspecified atom stereocenters. The number of rotatable bonds is 6. The van der Waals surface area contributed by atoms with Gasteiger partial charge in [0, 0.05) is 13.2 Å². The van der Waals surface area contributed by atoms with Crippen molar-refractivity contribution in [1.82, 2.24) is 0 Å². The van der Waals surface area contributed by atoms with Crippen molar-refractivity contribution in [3.05, 3.63) is 0 Å². The lowest BCUT2D eigenvalue weighted by molar-refractivity contribution is 0.0271. The lowest BCUT2D eigenvalue weighted by Gasteiger charge is -2.19. The maximum Gasteiger partial charge on any atom is 0.0720 e. The van der Waals surface area contributed by atoms with Gasteiger partial charge in [-0.3, -0.25) is 0 Å². The highest BCUT2D eigenvalue weighted by molar-refractivity contribution is 4.62. The zero-order valence-corrected chi connectivity index (χ0v) is 7.97. The van der Waals surface area contributed by atoms with Crippen LogP contribution >= 0.6 is 0 Å². The van der Waals surface area contributed by atoms with Crippen LogP contribution in [-0.4, -0.2) is 19.3 Å². The van der Waals surface area contributed by atoms with E-state index in [1.165, 1.54) is 6.42 Å². The quantitative estimate of drug-likeness (QED) is 0.600. The van der Waals surface area contributed by atoms with E-state index in [0.717, 1.165) is 13.0 Å². The third-order valence-corrected chi connectivity index (χ3v) is 1.81. The van der Waals surface area contributed by atoms with Gasteiger partial charge < -0.3 is 10.5 Å². The van der Waals surface area contributed by atoms with Gasteiger partial charge in [0.25, 0.3) is 0 Å². The van der Waals surface area contributed by atoms with Gasteiger partial charge in [-0.15, -0.1) is 0 Å². The first-order chi connectivity index (χ1) is 5.22. The lowest BCUT2D eigenvalue weighted by atomic mass is 10.1. The van der Waals surface area contributed by atoms with Crippen molar-refractivity contribution in [3.63, 3.8) is 0 Å². The van der Waals surface area contributed by atoms with Crippen LogP contribution in [0.3, 0.4) is 0 Å². The van der Waals surface area contributed by atoms with Crippen LogP contribution in [0, 0.1) is 5.92 Å². The predicted octanol–water partition coefficient (Wildman–Crippen LogP) is 1.79. The van der Waals surface area contributed by atoms with Crippen molar-refractivity contribution in [1.29, 1.82) is 0 Å². The van der Waals surface area contributed by atoms with E-state index in [-0.39, 0.29) is 6.10 Å². The molecule has 0 aromatic heterocycles. The first kappa shape index (κ1) is 10.9. The zero-order valence-electron chi connectivity index (χ0n) is 7.97. The minimum Gasteiger partial charge on any atom is -0.377 e. The fraction of sp³-hybridized carbons (Fsp3) is 1.00. The van der Waals surface area contributed by atoms with Gasteiger partial charge in [0.1, 0.15) is 0 Å². The van der Waals surface area contributed by atoms with Gasteiger partial charge in [-0.1, -0.05) is 27.2 Å². The van der Waals surface area contributed by atoms with Crippen molar-refractivity contribution >= 4 is 0 Å². The highest BCUT2D eigenvalue weighted by atomic mass is 16.5. The maximum absolute atomic E-state index is 5.57. The minimum absolute atomic E-state index is 0.251. The van der Waals surface area contributed by atoms with Crippen LogP contribution < -0.4 is 5.73 Å². The average molecular weight is 159 g/mol. The number of ether oxygens (including phenoxy) is 1. The topological polar surface area (TPSA) is 35.2 Å². The normalized spacial score (nSPS) is 13.9. The molecular weight excluding hydrogens is 138 g/mol. The van der Waals surface area contributed by atoms with E-state index in [2.05, 4.69) is 20.8 Å². The molecule has 0 aromatic rings. The predicted molar refractivity (Wildman–Crippen MR) is 48.5 cm³/mol. The molecule has 0 rings (SSSR count). The number of hydrogen-bond donors (Lipinski definition) is 1. The van der Waals surface area contributed by atoms with E-state index < -0.39 is 0 Å². The van der Waals surface area contributed by atoms with E-state index >= 15 is 0 Å². The summed E-state index contributed by atoms with van der Waals surface area (Å²) in [5, 5.41) is 0. The number of nitrogens with two attached hydrogens (primary N) is 1. The highest BCUT2D eigenvalue weighted by Crippen LogP contribution is 2.05. The standard InChI is InChI=1S/C9H21NO/c1-4-5-6-11-9(7-10)8(2)3/h8-9H,4-7,10H2,1-3H3. The van der Waals surface area contributed by atoms with Gasteiger partial charge in [0.15, 0.2) is 0 Å². The number of unbranched alkanes of at least 4 members (excludes halogenated alkanes) is 1. The van der Waals surface area contributed by atoms with Crippen LogP contribution in [-0.2, 0) is 4.74 Å². The molecule has 68 valence electrons. The molecule has 11 heavy (non-hydrogen) atoms. The summed E-state index contributed by atoms with van der Waals surface area (Å²) in [4.78, 5) is 0. The molecule has 0 saturated heterocycles. The SMILES string of the molecule is CCCCOC(CN)C(C)C. The lowest BCUT2D eigenvalue weighted by Crippen LogP contribution is -2.29. The van der Waals surface area contributed by atoms with Crippen LogP contribution in [0.1, 0.15) is 33.6 Å². The van der Waals surface area contributed by atoms with Gasteiger partial charge in [-0.25, -0.2) is 0 Å². The third-order valence-electron chi connectivity index (χ3n) is 1.81. The molecule has 0 bridgehead atoms. The molecule has 0 amide bonds. The molecule has 2 heteroatoms. The van der Waals surface area contributed by atoms with Crippen LogP contribution in [0.25, 0.3) is 0 Å². The highest BCUT2D eigenvalue weighted by Gasteiger charge is 2.10. The summed E-state index contributed by atoms with van der Waals surface area (Å²) in [6.45, 7) is 7.95. The smallest absolute Gasteiger partial charge is 0.0720 e. The summed E-state index contributed by atoms with van der Waals surface area (Å²) in [7, 11) is 0. The largest absolute Gasteiger partial charge is 0.377 e. The Labute approximate surface area is 70.1 Å². The summed E-state index contributed by atoms with van der Waals surface area (Å²) >= 11 is 0. The second kappa shape index (κ2) is 6.62. The first-order valence-corrected chi connectivity index (χ1v) is 4.54. The zero-order chi connectivity index (χ0) is 8.69. The molecule has 0 aliphatic heterocycles. The van der Waals surface area contributed by atoms with Crippen molar-refractivity contribution in [2.45, 2.75) is 39.7 Å². The molecule has 1 atom stereocenters. The maximum atomic E-state index is 5.57. The summed E-state index contributed by atoms with van der Waals surface area (Å²) in [5.41, 5.74) is 5.53. The molecule has 0 aliphatic carbocycles. The van der Waals surface area contributed by atoms with E-state index in [1.807, 2.05) is 0 Å². The molecule has 0 spiro atoms. The molecule has 0 aliphatic rings. The minimum atomic E-state index is 0.251. The first-order valence-electron chi connectivity index (χ1n) is 4.54. The molecule has 0 saturated carbocycles. The molecule has 0 aromatic carbocycles. The van der Waals surface area contributed by atoms with E-state index in [4.69, 9.17) is 10.5 Å². The van der Waals surface area contributed by atoms with E-state index in [1.54, 1.807) is 0 Å². The van der Waals surface area contributed by atoms with Crippen molar-refractivity contribution in [2.24, 2.45) is 11.7 Å². The Kier molecular flexibility index (Phi) is 6.57. The Morgan fingerprint density at radius 1 is 1.36 bits per heavy atom. The van der Waals surface area contributed by atoms with Gasteiger partial charge in [-0.05, 0) is 12.3 Å². The molecule has 0 fully saturated rings. The Hall–Kier alpha value is -0.0800. The fourth-order valence-electron chi connectivity index (χ4n) is 0.912. The second-order valence-corrected chi connectivity index (χ2v) is 3.24. The Balaban J connectivity index is 3.36. The fourth-order valence-corrected chi connectivity index (χ4v) is 0.912. The van der Waals surface area contributed by atoms with Gasteiger partial charge in [-0.2, -0.15) is 0 Å². The average Bonchev–Trinajstić information content (AvgIpc) is 1.97. The second-order valence-electron chi connectivity index (χ2n) is 3.24.